The molecule has 0 saturated heterocycles. The van der Waals surface area contributed by atoms with E-state index in [1.807, 2.05) is 0 Å². The molecular weight excluding hydrogens is 314 g/mol. The number of halogens is 1. The first-order chi connectivity index (χ1) is 9.94. The summed E-state index contributed by atoms with van der Waals surface area (Å²) in [5.74, 6) is -0.310. The maximum Gasteiger partial charge on any atom is 0.264 e. The second-order valence-electron chi connectivity index (χ2n) is 4.06. The van der Waals surface area contributed by atoms with Gasteiger partial charge in [-0.2, -0.15) is 0 Å². The van der Waals surface area contributed by atoms with E-state index in [1.54, 1.807) is 12.1 Å². The maximum absolute atomic E-state index is 12.2. The lowest BCUT2D eigenvalue weighted by Crippen LogP contribution is -2.18. The highest BCUT2D eigenvalue weighted by Crippen LogP contribution is 2.21. The van der Waals surface area contributed by atoms with E-state index < -0.39 is 10.0 Å². The van der Waals surface area contributed by atoms with Gasteiger partial charge in [-0.1, -0.05) is 17.7 Å². The molecule has 0 spiro atoms. The standard InChI is InChI=1S/C13H12ClN3O3S/c1-15-13(18)9-4-2-5-10(8-9)17-21(19,20)11-6-3-7-16-12(11)14/h2-8,17H,1H3,(H,15,18). The minimum absolute atomic E-state index is 0.118. The van der Waals surface area contributed by atoms with Gasteiger partial charge >= 0.3 is 0 Å². The van der Waals surface area contributed by atoms with Crippen LogP contribution in [0, 0.1) is 0 Å². The summed E-state index contributed by atoms with van der Waals surface area (Å²) in [5.41, 5.74) is 0.603. The first kappa shape index (κ1) is 15.3. The number of hydrogen-bond acceptors (Lipinski definition) is 4. The number of sulfonamides is 1. The van der Waals surface area contributed by atoms with Crippen LogP contribution in [-0.2, 0) is 10.0 Å². The zero-order valence-corrected chi connectivity index (χ0v) is 12.6. The number of aromatic nitrogens is 1. The van der Waals surface area contributed by atoms with Gasteiger partial charge in [-0.3, -0.25) is 9.52 Å². The molecule has 2 rings (SSSR count). The zero-order valence-electron chi connectivity index (χ0n) is 11.0. The number of amides is 1. The molecule has 0 bridgehead atoms. The summed E-state index contributed by atoms with van der Waals surface area (Å²) in [7, 11) is -2.37. The molecule has 2 N–H and O–H groups in total. The van der Waals surface area contributed by atoms with Crippen LogP contribution in [0.5, 0.6) is 0 Å². The molecule has 0 unspecified atom stereocenters. The summed E-state index contributed by atoms with van der Waals surface area (Å²) >= 11 is 5.78. The second kappa shape index (κ2) is 6.11. The van der Waals surface area contributed by atoms with Crippen molar-refractivity contribution in [2.75, 3.05) is 11.8 Å². The predicted octanol–water partition coefficient (Wildman–Crippen LogP) is 1.90. The molecular formula is C13H12ClN3O3S. The Morgan fingerprint density at radius 3 is 2.67 bits per heavy atom. The summed E-state index contributed by atoms with van der Waals surface area (Å²) < 4.78 is 26.8. The Bertz CT molecular complexity index is 778. The molecule has 0 atom stereocenters. The first-order valence-corrected chi connectivity index (χ1v) is 7.75. The monoisotopic (exact) mass is 325 g/mol. The maximum atomic E-state index is 12.2. The lowest BCUT2D eigenvalue weighted by Gasteiger charge is -2.09. The molecule has 0 radical (unpaired) electrons. The average Bonchev–Trinajstić information content (AvgIpc) is 2.46. The molecule has 0 aliphatic heterocycles. The van der Waals surface area contributed by atoms with E-state index in [1.165, 1.54) is 37.5 Å². The molecule has 0 aliphatic rings. The van der Waals surface area contributed by atoms with E-state index in [0.717, 1.165) is 0 Å². The van der Waals surface area contributed by atoms with Gasteiger partial charge in [-0.05, 0) is 30.3 Å². The van der Waals surface area contributed by atoms with Gasteiger partial charge in [0, 0.05) is 24.5 Å². The fourth-order valence-electron chi connectivity index (χ4n) is 1.65. The van der Waals surface area contributed by atoms with E-state index in [-0.39, 0.29) is 21.6 Å². The van der Waals surface area contributed by atoms with Gasteiger partial charge in [0.25, 0.3) is 15.9 Å². The van der Waals surface area contributed by atoms with Crippen LogP contribution in [0.15, 0.2) is 47.5 Å². The van der Waals surface area contributed by atoms with Crippen LogP contribution in [0.4, 0.5) is 5.69 Å². The van der Waals surface area contributed by atoms with E-state index in [9.17, 15) is 13.2 Å². The van der Waals surface area contributed by atoms with E-state index in [2.05, 4.69) is 15.0 Å². The summed E-state index contributed by atoms with van der Waals surface area (Å²) in [6, 6.07) is 8.94. The van der Waals surface area contributed by atoms with E-state index in [0.29, 0.717) is 5.56 Å². The number of pyridine rings is 1. The first-order valence-electron chi connectivity index (χ1n) is 5.89. The Kier molecular flexibility index (Phi) is 4.44. The molecule has 2 aromatic rings. The highest BCUT2D eigenvalue weighted by Gasteiger charge is 2.18. The molecule has 1 heterocycles. The number of nitrogens with one attached hydrogen (secondary N) is 2. The Hall–Kier alpha value is -2.12. The molecule has 8 heteroatoms. The Morgan fingerprint density at radius 2 is 2.00 bits per heavy atom. The van der Waals surface area contributed by atoms with Crippen LogP contribution in [0.2, 0.25) is 5.15 Å². The van der Waals surface area contributed by atoms with Crippen molar-refractivity contribution in [2.24, 2.45) is 0 Å². The average molecular weight is 326 g/mol. The number of carbonyl (C=O) groups excluding carboxylic acids is 1. The predicted molar refractivity (Wildman–Crippen MR) is 79.9 cm³/mol. The Balaban J connectivity index is 2.34. The van der Waals surface area contributed by atoms with Crippen LogP contribution in [0.1, 0.15) is 10.4 Å². The van der Waals surface area contributed by atoms with Crippen LogP contribution in [-0.4, -0.2) is 26.4 Å². The highest BCUT2D eigenvalue weighted by atomic mass is 35.5. The highest BCUT2D eigenvalue weighted by molar-refractivity contribution is 7.92. The largest absolute Gasteiger partial charge is 0.355 e. The van der Waals surface area contributed by atoms with Gasteiger partial charge in [-0.25, -0.2) is 13.4 Å². The molecule has 0 fully saturated rings. The lowest BCUT2D eigenvalue weighted by molar-refractivity contribution is 0.0963. The summed E-state index contributed by atoms with van der Waals surface area (Å²) in [6.07, 6.45) is 1.40. The topological polar surface area (TPSA) is 88.2 Å². The number of nitrogens with zero attached hydrogens (tertiary/aromatic N) is 1. The van der Waals surface area contributed by atoms with Crippen LogP contribution in [0.3, 0.4) is 0 Å². The number of rotatable bonds is 4. The minimum atomic E-state index is -3.87. The fourth-order valence-corrected chi connectivity index (χ4v) is 3.15. The van der Waals surface area contributed by atoms with Crippen molar-refractivity contribution in [1.82, 2.24) is 10.3 Å². The van der Waals surface area contributed by atoms with Gasteiger partial charge in [0.2, 0.25) is 0 Å². The normalized spacial score (nSPS) is 11.0. The molecule has 1 aromatic carbocycles. The summed E-state index contributed by atoms with van der Waals surface area (Å²) in [6.45, 7) is 0. The number of carbonyl (C=O) groups is 1. The third kappa shape index (κ3) is 3.50. The van der Waals surface area contributed by atoms with Crippen molar-refractivity contribution in [3.63, 3.8) is 0 Å². The van der Waals surface area contributed by atoms with E-state index >= 15 is 0 Å². The van der Waals surface area contributed by atoms with Gasteiger partial charge in [0.15, 0.2) is 0 Å². The van der Waals surface area contributed by atoms with Crippen molar-refractivity contribution in [3.8, 4) is 0 Å². The molecule has 1 amide bonds. The minimum Gasteiger partial charge on any atom is -0.355 e. The fraction of sp³-hybridized carbons (Fsp3) is 0.0769. The van der Waals surface area contributed by atoms with Crippen molar-refractivity contribution >= 4 is 33.2 Å². The van der Waals surface area contributed by atoms with Gasteiger partial charge in [-0.15, -0.1) is 0 Å². The SMILES string of the molecule is CNC(=O)c1cccc(NS(=O)(=O)c2cccnc2Cl)c1. The van der Waals surface area contributed by atoms with Crippen molar-refractivity contribution in [3.05, 3.63) is 53.3 Å². The second-order valence-corrected chi connectivity index (χ2v) is 6.07. The number of anilines is 1. The van der Waals surface area contributed by atoms with Crippen LogP contribution < -0.4 is 10.0 Å². The number of benzene rings is 1. The third-order valence-corrected chi connectivity index (χ3v) is 4.44. The van der Waals surface area contributed by atoms with Crippen molar-refractivity contribution in [2.45, 2.75) is 4.90 Å². The van der Waals surface area contributed by atoms with Crippen LogP contribution >= 0.6 is 11.6 Å². The van der Waals surface area contributed by atoms with Crippen molar-refractivity contribution < 1.29 is 13.2 Å². The number of hydrogen-bond donors (Lipinski definition) is 2. The third-order valence-electron chi connectivity index (χ3n) is 2.62. The van der Waals surface area contributed by atoms with Gasteiger partial charge in [0.1, 0.15) is 10.0 Å². The smallest absolute Gasteiger partial charge is 0.264 e. The van der Waals surface area contributed by atoms with Gasteiger partial charge in [0.05, 0.1) is 0 Å². The summed E-state index contributed by atoms with van der Waals surface area (Å²) in [4.78, 5) is 15.1. The van der Waals surface area contributed by atoms with E-state index in [4.69, 9.17) is 11.6 Å². The lowest BCUT2D eigenvalue weighted by atomic mass is 10.2. The Labute approximate surface area is 127 Å². The molecule has 110 valence electrons. The van der Waals surface area contributed by atoms with Gasteiger partial charge < -0.3 is 5.32 Å². The molecule has 21 heavy (non-hydrogen) atoms. The van der Waals surface area contributed by atoms with Crippen molar-refractivity contribution in [1.29, 1.82) is 0 Å². The summed E-state index contributed by atoms with van der Waals surface area (Å²) in [5, 5.41) is 2.35. The quantitative estimate of drug-likeness (QED) is 0.840. The molecule has 1 aromatic heterocycles. The molecule has 0 aliphatic carbocycles. The molecule has 0 saturated carbocycles. The zero-order chi connectivity index (χ0) is 15.5. The molecule has 6 nitrogen and oxygen atoms in total. The van der Waals surface area contributed by atoms with Crippen LogP contribution in [0.25, 0.3) is 0 Å². The Morgan fingerprint density at radius 1 is 1.24 bits per heavy atom.